The van der Waals surface area contributed by atoms with Gasteiger partial charge in [0.1, 0.15) is 20.9 Å². The van der Waals surface area contributed by atoms with Gasteiger partial charge < -0.3 is 0 Å². The SMILES string of the molecule is FS(F)(F)(F)(F)c1ccc(-c2nc(Cl)nc3scnc23)cc1. The van der Waals surface area contributed by atoms with Gasteiger partial charge in [-0.2, -0.15) is 0 Å². The first-order chi connectivity index (χ1) is 9.94. The van der Waals surface area contributed by atoms with Gasteiger partial charge in [0, 0.05) is 5.56 Å². The maximum atomic E-state index is 12.7. The summed E-state index contributed by atoms with van der Waals surface area (Å²) in [6.45, 7) is 0. The molecule has 0 radical (unpaired) electrons. The minimum atomic E-state index is -9.69. The van der Waals surface area contributed by atoms with Crippen molar-refractivity contribution < 1.29 is 19.4 Å². The predicted octanol–water partition coefficient (Wildman–Crippen LogP) is 6.06. The highest BCUT2D eigenvalue weighted by molar-refractivity contribution is 8.45. The van der Waals surface area contributed by atoms with Crippen LogP contribution in [0.3, 0.4) is 0 Å². The summed E-state index contributed by atoms with van der Waals surface area (Å²) in [6.07, 6.45) is 0. The molecule has 0 unspecified atom stereocenters. The lowest BCUT2D eigenvalue weighted by atomic mass is 10.1. The number of nitrogens with zero attached hydrogens (tertiary/aromatic N) is 3. The van der Waals surface area contributed by atoms with Crippen LogP contribution < -0.4 is 0 Å². The van der Waals surface area contributed by atoms with Crippen molar-refractivity contribution in [1.82, 2.24) is 15.0 Å². The molecule has 0 aliphatic rings. The van der Waals surface area contributed by atoms with Crippen LogP contribution in [0.5, 0.6) is 0 Å². The van der Waals surface area contributed by atoms with Gasteiger partial charge in [-0.1, -0.05) is 31.6 Å². The van der Waals surface area contributed by atoms with Crippen LogP contribution >= 0.6 is 33.2 Å². The summed E-state index contributed by atoms with van der Waals surface area (Å²) in [7, 11) is -9.69. The Labute approximate surface area is 129 Å². The summed E-state index contributed by atoms with van der Waals surface area (Å²) in [5.74, 6) is 0. The van der Waals surface area contributed by atoms with Gasteiger partial charge in [0.15, 0.2) is 0 Å². The topological polar surface area (TPSA) is 38.7 Å². The fourth-order valence-corrected chi connectivity index (χ4v) is 3.33. The molecule has 3 nitrogen and oxygen atoms in total. The first-order valence-corrected chi connectivity index (χ1v) is 8.76. The highest BCUT2D eigenvalue weighted by atomic mass is 35.5. The van der Waals surface area contributed by atoms with Crippen LogP contribution in [0.2, 0.25) is 5.28 Å². The third kappa shape index (κ3) is 2.85. The Hall–Kier alpha value is -1.52. The van der Waals surface area contributed by atoms with Gasteiger partial charge in [0.2, 0.25) is 5.28 Å². The quantitative estimate of drug-likeness (QED) is 0.404. The maximum Gasteiger partial charge on any atom is 0.310 e. The van der Waals surface area contributed by atoms with Crippen molar-refractivity contribution in [3.63, 3.8) is 0 Å². The average molecular weight is 374 g/mol. The molecule has 0 spiro atoms. The van der Waals surface area contributed by atoms with Gasteiger partial charge >= 0.3 is 10.2 Å². The molecule has 2 aromatic heterocycles. The Morgan fingerprint density at radius 1 is 0.955 bits per heavy atom. The van der Waals surface area contributed by atoms with E-state index >= 15 is 0 Å². The molecule has 22 heavy (non-hydrogen) atoms. The minimum absolute atomic E-state index is 0.108. The highest BCUT2D eigenvalue weighted by Gasteiger charge is 2.65. The van der Waals surface area contributed by atoms with E-state index in [2.05, 4.69) is 15.0 Å². The third-order valence-corrected chi connectivity index (χ3v) is 4.79. The Kier molecular flexibility index (Phi) is 2.84. The van der Waals surface area contributed by atoms with E-state index in [0.717, 1.165) is 12.1 Å². The second-order valence-corrected chi connectivity index (χ2v) is 7.92. The monoisotopic (exact) mass is 373 g/mol. The molecule has 1 aromatic carbocycles. The van der Waals surface area contributed by atoms with Crippen LogP contribution in [-0.2, 0) is 0 Å². The molecular formula is C11H5ClF5N3S2. The first-order valence-electron chi connectivity index (χ1n) is 5.55. The Balaban J connectivity index is 2.16. The number of rotatable bonds is 2. The summed E-state index contributed by atoms with van der Waals surface area (Å²) in [6, 6.07) is 2.46. The third-order valence-electron chi connectivity index (χ3n) is 2.74. The zero-order valence-electron chi connectivity index (χ0n) is 10.3. The van der Waals surface area contributed by atoms with E-state index in [1.54, 1.807) is 0 Å². The summed E-state index contributed by atoms with van der Waals surface area (Å²) >= 11 is 6.92. The number of fused-ring (bicyclic) bond motifs is 1. The zero-order valence-corrected chi connectivity index (χ0v) is 12.7. The second-order valence-electron chi connectivity index (χ2n) is 4.34. The molecule has 0 aliphatic heterocycles. The maximum absolute atomic E-state index is 12.7. The average Bonchev–Trinajstić information content (AvgIpc) is 2.83. The summed E-state index contributed by atoms with van der Waals surface area (Å²) in [5, 5.41) is -0.108. The van der Waals surface area contributed by atoms with Crippen molar-refractivity contribution in [2.75, 3.05) is 0 Å². The van der Waals surface area contributed by atoms with E-state index in [9.17, 15) is 19.4 Å². The number of hydrogen-bond acceptors (Lipinski definition) is 4. The van der Waals surface area contributed by atoms with Crippen LogP contribution in [0.1, 0.15) is 0 Å². The molecule has 118 valence electrons. The summed E-state index contributed by atoms with van der Waals surface area (Å²) in [4.78, 5) is 10.3. The highest BCUT2D eigenvalue weighted by Crippen LogP contribution is 3.02. The molecule has 11 heteroatoms. The van der Waals surface area contributed by atoms with Crippen molar-refractivity contribution in [2.45, 2.75) is 4.90 Å². The van der Waals surface area contributed by atoms with Crippen molar-refractivity contribution in [3.8, 4) is 11.3 Å². The molecule has 0 bridgehead atoms. The fraction of sp³-hybridized carbons (Fsp3) is 0. The van der Waals surface area contributed by atoms with Crippen LogP contribution in [-0.4, -0.2) is 15.0 Å². The second kappa shape index (κ2) is 4.06. The molecule has 3 rings (SSSR count). The Morgan fingerprint density at radius 3 is 2.18 bits per heavy atom. The molecular weight excluding hydrogens is 369 g/mol. The summed E-state index contributed by atoms with van der Waals surface area (Å²) < 4.78 is 63.5. The van der Waals surface area contributed by atoms with E-state index in [4.69, 9.17) is 11.6 Å². The van der Waals surface area contributed by atoms with Gasteiger partial charge in [0.05, 0.1) is 5.51 Å². The molecule has 3 aromatic rings. The van der Waals surface area contributed by atoms with Crippen LogP contribution in [0.15, 0.2) is 34.7 Å². The Bertz CT molecular complexity index is 877. The lowest BCUT2D eigenvalue weighted by molar-refractivity contribution is 0.364. The van der Waals surface area contributed by atoms with Gasteiger partial charge in [-0.3, -0.25) is 0 Å². The minimum Gasteiger partial charge on any atom is -0.241 e. The van der Waals surface area contributed by atoms with E-state index < -0.39 is 15.1 Å². The molecule has 0 aliphatic carbocycles. The van der Waals surface area contributed by atoms with Crippen molar-refractivity contribution >= 4 is 43.5 Å². The number of hydrogen-bond donors (Lipinski definition) is 0. The molecule has 0 fully saturated rings. The molecule has 0 amide bonds. The van der Waals surface area contributed by atoms with E-state index in [1.165, 1.54) is 16.8 Å². The van der Waals surface area contributed by atoms with E-state index in [1.807, 2.05) is 0 Å². The lowest BCUT2D eigenvalue weighted by Crippen LogP contribution is -2.05. The van der Waals surface area contributed by atoms with Crippen LogP contribution in [0.25, 0.3) is 21.6 Å². The lowest BCUT2D eigenvalue weighted by Gasteiger charge is -2.40. The van der Waals surface area contributed by atoms with E-state index in [0.29, 0.717) is 22.5 Å². The van der Waals surface area contributed by atoms with Crippen LogP contribution in [0.4, 0.5) is 19.4 Å². The Morgan fingerprint density at radius 2 is 1.59 bits per heavy atom. The molecule has 2 heterocycles. The van der Waals surface area contributed by atoms with Crippen molar-refractivity contribution in [3.05, 3.63) is 35.1 Å². The largest absolute Gasteiger partial charge is 0.310 e. The number of halogens is 6. The molecule has 0 saturated heterocycles. The van der Waals surface area contributed by atoms with Crippen LogP contribution in [0, 0.1) is 0 Å². The van der Waals surface area contributed by atoms with Gasteiger partial charge in [-0.05, 0) is 23.7 Å². The van der Waals surface area contributed by atoms with Crippen molar-refractivity contribution in [1.29, 1.82) is 0 Å². The first kappa shape index (κ1) is 15.4. The van der Waals surface area contributed by atoms with E-state index in [-0.39, 0.29) is 16.5 Å². The van der Waals surface area contributed by atoms with Gasteiger partial charge in [-0.15, -0.1) is 11.3 Å². The predicted molar refractivity (Wildman–Crippen MR) is 77.1 cm³/mol. The number of benzene rings is 1. The zero-order chi connectivity index (χ0) is 16.2. The van der Waals surface area contributed by atoms with Gasteiger partial charge in [-0.25, -0.2) is 15.0 Å². The fourth-order valence-electron chi connectivity index (χ4n) is 1.81. The van der Waals surface area contributed by atoms with Crippen molar-refractivity contribution in [2.24, 2.45) is 0 Å². The smallest absolute Gasteiger partial charge is 0.241 e. The molecule has 0 atom stereocenters. The molecule has 0 saturated carbocycles. The number of thiazole rings is 1. The van der Waals surface area contributed by atoms with Gasteiger partial charge in [0.25, 0.3) is 0 Å². The standard InChI is InChI=1S/C11H5ClF5N3S2/c12-11-19-8(9-10(20-11)21-5-18-9)6-1-3-7(4-2-6)22(13,14,15,16)17/h1-5H. The summed E-state index contributed by atoms with van der Waals surface area (Å²) in [5.41, 5.74) is 2.19. The number of aromatic nitrogens is 3. The molecule has 0 N–H and O–H groups in total. The normalized spacial score (nSPS) is 15.5.